The van der Waals surface area contributed by atoms with Gasteiger partial charge in [0.2, 0.25) is 5.69 Å². The molecule has 1 N–H and O–H groups in total. The summed E-state index contributed by atoms with van der Waals surface area (Å²) in [5.74, 6) is -0.954. The number of hydrogen-bond acceptors (Lipinski definition) is 5. The number of carbonyl (C=O) groups is 1. The maximum Gasteiger partial charge on any atom is 0.359 e. The summed E-state index contributed by atoms with van der Waals surface area (Å²) in [6.45, 7) is 0. The van der Waals surface area contributed by atoms with Crippen molar-refractivity contribution in [3.05, 3.63) is 77.2 Å². The normalized spacial score (nSPS) is 11.1. The lowest BCUT2D eigenvalue weighted by atomic mass is 10.2. The number of thioether (sulfide) groups is 1. The Morgan fingerprint density at radius 1 is 1.20 bits per heavy atom. The van der Waals surface area contributed by atoms with Crippen LogP contribution in [0.2, 0.25) is 0 Å². The maximum atomic E-state index is 12.9. The van der Waals surface area contributed by atoms with Crippen LogP contribution in [0.25, 0.3) is 0 Å². The lowest BCUT2D eigenvalue weighted by molar-refractivity contribution is 0.0686. The highest BCUT2D eigenvalue weighted by atomic mass is 32.2. The van der Waals surface area contributed by atoms with Crippen molar-refractivity contribution in [3.63, 3.8) is 0 Å². The quantitative estimate of drug-likeness (QED) is 0.541. The Balaban J connectivity index is 1.83. The molecule has 0 aliphatic carbocycles. The maximum absolute atomic E-state index is 12.9. The fourth-order valence-electron chi connectivity index (χ4n) is 2.00. The zero-order valence-corrected chi connectivity index (χ0v) is 13.7. The van der Waals surface area contributed by atoms with Gasteiger partial charge in [0.25, 0.3) is 0 Å². The summed E-state index contributed by atoms with van der Waals surface area (Å²) in [5.41, 5.74) is 1.55. The van der Waals surface area contributed by atoms with Gasteiger partial charge in [0, 0.05) is 5.75 Å². The molecule has 0 unspecified atom stereocenters. The van der Waals surface area contributed by atoms with E-state index in [1.54, 1.807) is 12.1 Å². The molecule has 25 heavy (non-hydrogen) atoms. The molecule has 0 saturated heterocycles. The molecule has 0 fully saturated rings. The number of hydrogen-bond donors (Lipinski definition) is 1. The molecule has 3 aromatic rings. The number of carboxylic acids is 1. The third kappa shape index (κ3) is 4.30. The summed E-state index contributed by atoms with van der Waals surface area (Å²) in [5, 5.41) is 21.2. The standard InChI is InChI=1S/C17H13FN4O2S/c18-14-8-6-12(7-9-14)10-19-22-16(15(17(23)24)20-21-22)25-11-13-4-2-1-3-5-13/h1-10H,11H2,(H,23,24). The summed E-state index contributed by atoms with van der Waals surface area (Å²) in [6, 6.07) is 15.4. The molecule has 0 aliphatic heterocycles. The molecule has 0 aliphatic rings. The van der Waals surface area contributed by atoms with Crippen molar-refractivity contribution < 1.29 is 14.3 Å². The highest BCUT2D eigenvalue weighted by Crippen LogP contribution is 2.25. The van der Waals surface area contributed by atoms with Crippen molar-refractivity contribution in [3.8, 4) is 0 Å². The highest BCUT2D eigenvalue weighted by Gasteiger charge is 2.19. The van der Waals surface area contributed by atoms with E-state index in [-0.39, 0.29) is 11.5 Å². The number of aromatic carboxylic acids is 1. The average Bonchev–Trinajstić information content (AvgIpc) is 3.03. The summed E-state index contributed by atoms with van der Waals surface area (Å²) in [7, 11) is 0. The van der Waals surface area contributed by atoms with E-state index in [4.69, 9.17) is 0 Å². The number of aromatic nitrogens is 3. The molecule has 0 radical (unpaired) electrons. The number of halogens is 1. The predicted octanol–water partition coefficient (Wildman–Crippen LogP) is 3.29. The molecule has 1 heterocycles. The van der Waals surface area contributed by atoms with Gasteiger partial charge in [-0.3, -0.25) is 0 Å². The van der Waals surface area contributed by atoms with Gasteiger partial charge in [0.15, 0.2) is 5.03 Å². The SMILES string of the molecule is O=C(O)c1nnn(N=Cc2ccc(F)cc2)c1SCc1ccccc1. The monoisotopic (exact) mass is 356 g/mol. The van der Waals surface area contributed by atoms with Crippen LogP contribution in [-0.2, 0) is 5.75 Å². The van der Waals surface area contributed by atoms with E-state index in [2.05, 4.69) is 15.4 Å². The van der Waals surface area contributed by atoms with Gasteiger partial charge < -0.3 is 5.11 Å². The van der Waals surface area contributed by atoms with E-state index in [1.807, 2.05) is 30.3 Å². The van der Waals surface area contributed by atoms with Crippen LogP contribution in [0.15, 0.2) is 64.7 Å². The Hall–Kier alpha value is -3.00. The van der Waals surface area contributed by atoms with Crippen LogP contribution in [-0.4, -0.2) is 32.4 Å². The summed E-state index contributed by atoms with van der Waals surface area (Å²) in [4.78, 5) is 12.5. The van der Waals surface area contributed by atoms with Crippen LogP contribution in [0, 0.1) is 5.82 Å². The Labute approximate surface area is 147 Å². The van der Waals surface area contributed by atoms with Crippen molar-refractivity contribution in [2.75, 3.05) is 0 Å². The molecular weight excluding hydrogens is 343 g/mol. The van der Waals surface area contributed by atoms with Crippen LogP contribution in [0.1, 0.15) is 21.6 Å². The summed E-state index contributed by atoms with van der Waals surface area (Å²) < 4.78 is 12.9. The van der Waals surface area contributed by atoms with Gasteiger partial charge in [0.1, 0.15) is 5.82 Å². The lowest BCUT2D eigenvalue weighted by Crippen LogP contribution is -2.01. The second-order valence-electron chi connectivity index (χ2n) is 5.01. The van der Waals surface area contributed by atoms with Gasteiger partial charge in [-0.15, -0.1) is 9.89 Å². The first-order chi connectivity index (χ1) is 12.1. The molecule has 0 atom stereocenters. The highest BCUT2D eigenvalue weighted by molar-refractivity contribution is 7.98. The first kappa shape index (κ1) is 16.8. The zero-order chi connectivity index (χ0) is 17.6. The Bertz CT molecular complexity index is 895. The van der Waals surface area contributed by atoms with E-state index in [1.165, 1.54) is 34.9 Å². The van der Waals surface area contributed by atoms with Gasteiger partial charge in [-0.05, 0) is 28.5 Å². The molecule has 0 bridgehead atoms. The van der Waals surface area contributed by atoms with Crippen LogP contribution < -0.4 is 0 Å². The van der Waals surface area contributed by atoms with Gasteiger partial charge in [0.05, 0.1) is 6.21 Å². The minimum atomic E-state index is -1.17. The van der Waals surface area contributed by atoms with Gasteiger partial charge in [-0.1, -0.05) is 54.2 Å². The third-order valence-corrected chi connectivity index (χ3v) is 4.33. The topological polar surface area (TPSA) is 80.4 Å². The Morgan fingerprint density at radius 2 is 1.92 bits per heavy atom. The number of nitrogens with zero attached hydrogens (tertiary/aromatic N) is 4. The van der Waals surface area contributed by atoms with Crippen molar-refractivity contribution in [1.82, 2.24) is 15.1 Å². The number of rotatable bonds is 6. The van der Waals surface area contributed by atoms with E-state index in [0.717, 1.165) is 5.56 Å². The van der Waals surface area contributed by atoms with Gasteiger partial charge >= 0.3 is 5.97 Å². The Morgan fingerprint density at radius 3 is 2.60 bits per heavy atom. The van der Waals surface area contributed by atoms with Crippen LogP contribution >= 0.6 is 11.8 Å². The lowest BCUT2D eigenvalue weighted by Gasteiger charge is -2.02. The van der Waals surface area contributed by atoms with E-state index >= 15 is 0 Å². The van der Waals surface area contributed by atoms with E-state index in [0.29, 0.717) is 16.3 Å². The van der Waals surface area contributed by atoms with Crippen molar-refractivity contribution >= 4 is 23.9 Å². The second-order valence-corrected chi connectivity index (χ2v) is 5.97. The summed E-state index contributed by atoms with van der Waals surface area (Å²) in [6.07, 6.45) is 1.46. The largest absolute Gasteiger partial charge is 0.476 e. The molecule has 0 spiro atoms. The van der Waals surface area contributed by atoms with E-state index in [9.17, 15) is 14.3 Å². The average molecular weight is 356 g/mol. The zero-order valence-electron chi connectivity index (χ0n) is 12.9. The van der Waals surface area contributed by atoms with Gasteiger partial charge in [-0.25, -0.2) is 9.18 Å². The molecule has 0 saturated carbocycles. The van der Waals surface area contributed by atoms with E-state index < -0.39 is 5.97 Å². The number of benzene rings is 2. The number of carboxylic acid groups (broad SMARTS) is 1. The molecular formula is C17H13FN4O2S. The van der Waals surface area contributed by atoms with Crippen molar-refractivity contribution in [2.24, 2.45) is 5.10 Å². The third-order valence-electron chi connectivity index (χ3n) is 3.22. The van der Waals surface area contributed by atoms with Crippen LogP contribution in [0.3, 0.4) is 0 Å². The minimum absolute atomic E-state index is 0.155. The van der Waals surface area contributed by atoms with Crippen LogP contribution in [0.5, 0.6) is 0 Å². The molecule has 126 valence electrons. The first-order valence-corrected chi connectivity index (χ1v) is 8.27. The second kappa shape index (κ2) is 7.71. The first-order valence-electron chi connectivity index (χ1n) is 7.29. The fraction of sp³-hybridized carbons (Fsp3) is 0.0588. The minimum Gasteiger partial charge on any atom is -0.476 e. The molecule has 3 rings (SSSR count). The Kier molecular flexibility index (Phi) is 5.20. The molecule has 1 aromatic heterocycles. The molecule has 2 aromatic carbocycles. The molecule has 6 nitrogen and oxygen atoms in total. The molecule has 8 heteroatoms. The fourth-order valence-corrected chi connectivity index (χ4v) is 2.96. The van der Waals surface area contributed by atoms with Gasteiger partial charge in [-0.2, -0.15) is 5.10 Å². The van der Waals surface area contributed by atoms with Crippen molar-refractivity contribution in [2.45, 2.75) is 10.8 Å². The predicted molar refractivity (Wildman–Crippen MR) is 92.4 cm³/mol. The van der Waals surface area contributed by atoms with Crippen LogP contribution in [0.4, 0.5) is 4.39 Å². The smallest absolute Gasteiger partial charge is 0.359 e. The summed E-state index contributed by atoms with van der Waals surface area (Å²) >= 11 is 1.28. The molecule has 0 amide bonds. The van der Waals surface area contributed by atoms with Crippen molar-refractivity contribution in [1.29, 1.82) is 0 Å².